The topological polar surface area (TPSA) is 65.5 Å². The van der Waals surface area contributed by atoms with Gasteiger partial charge >= 0.3 is 0 Å². The molecule has 2 atom stereocenters. The minimum absolute atomic E-state index is 0.0633. The van der Waals surface area contributed by atoms with Crippen molar-refractivity contribution in [3.63, 3.8) is 0 Å². The Bertz CT molecular complexity index is 866. The van der Waals surface area contributed by atoms with Crippen molar-refractivity contribution in [2.75, 3.05) is 31.1 Å². The number of piperazine rings is 1. The summed E-state index contributed by atoms with van der Waals surface area (Å²) in [6, 6.07) is 11.9. The highest BCUT2D eigenvalue weighted by molar-refractivity contribution is 6.09. The van der Waals surface area contributed by atoms with Crippen LogP contribution in [0.1, 0.15) is 43.4 Å². The van der Waals surface area contributed by atoms with Crippen LogP contribution in [0.25, 0.3) is 0 Å². The predicted octanol–water partition coefficient (Wildman–Crippen LogP) is 2.73. The molecule has 2 fully saturated rings. The van der Waals surface area contributed by atoms with E-state index < -0.39 is 5.92 Å². The molecule has 0 radical (unpaired) electrons. The highest BCUT2D eigenvalue weighted by atomic mass is 16.2. The van der Waals surface area contributed by atoms with Gasteiger partial charge < -0.3 is 15.1 Å². The number of pyridine rings is 1. The summed E-state index contributed by atoms with van der Waals surface area (Å²) in [5, 5.41) is 3.35. The number of rotatable bonds is 4. The van der Waals surface area contributed by atoms with Crippen LogP contribution < -0.4 is 10.2 Å². The van der Waals surface area contributed by atoms with Crippen LogP contribution in [-0.2, 0) is 9.59 Å². The summed E-state index contributed by atoms with van der Waals surface area (Å²) in [6.45, 7) is 6.90. The number of carbonyl (C=O) groups excluding carboxylic acids is 2. The summed E-state index contributed by atoms with van der Waals surface area (Å²) in [4.78, 5) is 34.3. The zero-order valence-corrected chi connectivity index (χ0v) is 17.0. The zero-order valence-electron chi connectivity index (χ0n) is 17.0. The third-order valence-electron chi connectivity index (χ3n) is 5.97. The molecule has 1 aromatic heterocycles. The lowest BCUT2D eigenvalue weighted by Crippen LogP contribution is -2.51. The molecule has 1 aromatic carbocycles. The van der Waals surface area contributed by atoms with Crippen LogP contribution in [0.3, 0.4) is 0 Å². The van der Waals surface area contributed by atoms with E-state index in [2.05, 4.69) is 36.3 Å². The van der Waals surface area contributed by atoms with E-state index in [0.29, 0.717) is 32.0 Å². The van der Waals surface area contributed by atoms with Crippen LogP contribution in [0.2, 0.25) is 0 Å². The molecule has 3 heterocycles. The van der Waals surface area contributed by atoms with Gasteiger partial charge in [-0.05, 0) is 41.7 Å². The fraction of sp³-hybridized carbons (Fsp3) is 0.435. The monoisotopic (exact) mass is 392 g/mol. The third kappa shape index (κ3) is 3.90. The van der Waals surface area contributed by atoms with Gasteiger partial charge in [0.25, 0.3) is 0 Å². The molecule has 2 aromatic rings. The molecule has 152 valence electrons. The van der Waals surface area contributed by atoms with Gasteiger partial charge in [0.15, 0.2) is 0 Å². The quantitative estimate of drug-likeness (QED) is 0.813. The van der Waals surface area contributed by atoms with E-state index in [0.717, 1.165) is 17.8 Å². The van der Waals surface area contributed by atoms with Crippen molar-refractivity contribution in [3.05, 3.63) is 59.9 Å². The van der Waals surface area contributed by atoms with Gasteiger partial charge in [-0.3, -0.25) is 14.6 Å². The molecule has 0 aliphatic carbocycles. The minimum atomic E-state index is -0.600. The Kier molecular flexibility index (Phi) is 5.62. The molecular formula is C23H28N4O2. The summed E-state index contributed by atoms with van der Waals surface area (Å²) in [7, 11) is 0. The van der Waals surface area contributed by atoms with Crippen molar-refractivity contribution in [2.24, 2.45) is 5.92 Å². The molecule has 1 N–H and O–H groups in total. The fourth-order valence-corrected chi connectivity index (χ4v) is 4.24. The Labute approximate surface area is 171 Å². The lowest BCUT2D eigenvalue weighted by atomic mass is 10.0. The summed E-state index contributed by atoms with van der Waals surface area (Å²) in [5.41, 5.74) is 3.12. The maximum absolute atomic E-state index is 13.3. The van der Waals surface area contributed by atoms with Crippen molar-refractivity contribution < 1.29 is 9.59 Å². The first kappa shape index (κ1) is 19.6. The molecule has 29 heavy (non-hydrogen) atoms. The molecule has 0 saturated carbocycles. The molecule has 6 nitrogen and oxygen atoms in total. The van der Waals surface area contributed by atoms with Crippen LogP contribution in [0.5, 0.6) is 0 Å². The summed E-state index contributed by atoms with van der Waals surface area (Å²) in [6.07, 6.45) is 4.10. The number of anilines is 1. The second-order valence-corrected chi connectivity index (χ2v) is 8.12. The lowest BCUT2D eigenvalue weighted by Gasteiger charge is -2.37. The Morgan fingerprint density at radius 1 is 1.17 bits per heavy atom. The van der Waals surface area contributed by atoms with E-state index in [1.165, 1.54) is 5.56 Å². The largest absolute Gasteiger partial charge is 0.332 e. The Balaban J connectivity index is 1.51. The smallest absolute Gasteiger partial charge is 0.239 e. The fourth-order valence-electron chi connectivity index (χ4n) is 4.24. The standard InChI is InChI=1S/C23H28N4O2/c1-16(2)17-5-7-19(8-6-17)26-12-9-20(22(26)28)23(29)27-13-11-25-15-21(27)18-4-3-10-24-14-18/h3-8,10,14,16,20-21,25H,9,11-13,15H2,1-2H3. The van der Waals surface area contributed by atoms with E-state index in [1.54, 1.807) is 17.3 Å². The molecule has 6 heteroatoms. The van der Waals surface area contributed by atoms with Gasteiger partial charge in [0.1, 0.15) is 5.92 Å². The maximum Gasteiger partial charge on any atom is 0.239 e. The average Bonchev–Trinajstić information content (AvgIpc) is 3.15. The molecule has 2 aliphatic heterocycles. The van der Waals surface area contributed by atoms with Crippen LogP contribution in [0.4, 0.5) is 5.69 Å². The van der Waals surface area contributed by atoms with Crippen molar-refractivity contribution in [2.45, 2.75) is 32.2 Å². The van der Waals surface area contributed by atoms with Crippen LogP contribution in [-0.4, -0.2) is 47.9 Å². The minimum Gasteiger partial charge on any atom is -0.332 e. The van der Waals surface area contributed by atoms with Gasteiger partial charge in [0.2, 0.25) is 11.8 Å². The van der Waals surface area contributed by atoms with Crippen molar-refractivity contribution in [1.29, 1.82) is 0 Å². The number of nitrogens with zero attached hydrogens (tertiary/aromatic N) is 3. The molecule has 0 spiro atoms. The second-order valence-electron chi connectivity index (χ2n) is 8.12. The van der Waals surface area contributed by atoms with Crippen LogP contribution >= 0.6 is 0 Å². The number of benzene rings is 1. The highest BCUT2D eigenvalue weighted by Crippen LogP contribution is 2.31. The van der Waals surface area contributed by atoms with Crippen LogP contribution in [0.15, 0.2) is 48.8 Å². The third-order valence-corrected chi connectivity index (χ3v) is 5.97. The molecule has 2 saturated heterocycles. The van der Waals surface area contributed by atoms with E-state index >= 15 is 0 Å². The van der Waals surface area contributed by atoms with Gasteiger partial charge in [0.05, 0.1) is 6.04 Å². The normalized spacial score (nSPS) is 22.4. The maximum atomic E-state index is 13.3. The van der Waals surface area contributed by atoms with E-state index in [4.69, 9.17) is 0 Å². The number of hydrogen-bond acceptors (Lipinski definition) is 4. The molecular weight excluding hydrogens is 364 g/mol. The predicted molar refractivity (Wildman–Crippen MR) is 113 cm³/mol. The number of carbonyl (C=O) groups is 2. The van der Waals surface area contributed by atoms with Crippen molar-refractivity contribution in [3.8, 4) is 0 Å². The second kappa shape index (κ2) is 8.33. The van der Waals surface area contributed by atoms with Crippen LogP contribution in [0, 0.1) is 5.92 Å². The van der Waals surface area contributed by atoms with E-state index in [1.807, 2.05) is 29.2 Å². The summed E-state index contributed by atoms with van der Waals surface area (Å²) >= 11 is 0. The first-order chi connectivity index (χ1) is 14.1. The Morgan fingerprint density at radius 3 is 2.66 bits per heavy atom. The van der Waals surface area contributed by atoms with Crippen molar-refractivity contribution >= 4 is 17.5 Å². The number of aromatic nitrogens is 1. The molecule has 2 aliphatic rings. The average molecular weight is 393 g/mol. The van der Waals surface area contributed by atoms with Gasteiger partial charge in [0, 0.05) is 44.3 Å². The summed E-state index contributed by atoms with van der Waals surface area (Å²) < 4.78 is 0. The molecule has 2 unspecified atom stereocenters. The van der Waals surface area contributed by atoms with Gasteiger partial charge in [-0.2, -0.15) is 0 Å². The summed E-state index contributed by atoms with van der Waals surface area (Å²) in [5.74, 6) is -0.302. The van der Waals surface area contributed by atoms with Crippen molar-refractivity contribution in [1.82, 2.24) is 15.2 Å². The first-order valence-corrected chi connectivity index (χ1v) is 10.4. The Morgan fingerprint density at radius 2 is 1.97 bits per heavy atom. The lowest BCUT2D eigenvalue weighted by molar-refractivity contribution is -0.142. The Hall–Kier alpha value is -2.73. The SMILES string of the molecule is CC(C)c1ccc(N2CCC(C(=O)N3CCNCC3c3cccnc3)C2=O)cc1. The first-order valence-electron chi connectivity index (χ1n) is 10.4. The number of nitrogens with one attached hydrogen (secondary N) is 1. The van der Waals surface area contributed by atoms with Gasteiger partial charge in [-0.1, -0.05) is 32.0 Å². The molecule has 0 bridgehead atoms. The number of hydrogen-bond donors (Lipinski definition) is 1. The zero-order chi connectivity index (χ0) is 20.4. The highest BCUT2D eigenvalue weighted by Gasteiger charge is 2.42. The van der Waals surface area contributed by atoms with Gasteiger partial charge in [-0.25, -0.2) is 0 Å². The molecule has 4 rings (SSSR count). The van der Waals surface area contributed by atoms with E-state index in [-0.39, 0.29) is 17.9 Å². The van der Waals surface area contributed by atoms with Gasteiger partial charge in [-0.15, -0.1) is 0 Å². The number of amides is 2. The molecule has 2 amide bonds. The van der Waals surface area contributed by atoms with E-state index in [9.17, 15) is 9.59 Å².